The number of phenolic OH excluding ortho intramolecular Hbond substituents is 1. The summed E-state index contributed by atoms with van der Waals surface area (Å²) in [4.78, 5) is 14.4. The third-order valence-corrected chi connectivity index (χ3v) is 6.90. The quantitative estimate of drug-likeness (QED) is 0.194. The SMILES string of the molecule is CN1CCOc2ccc(SC(F)(F)F)cc2-c2cc(ccc2F)NSc2cc(cc(Cl)c2O)C1=O. The van der Waals surface area contributed by atoms with E-state index in [1.54, 1.807) is 7.05 Å². The number of nitrogens with one attached hydrogen (secondary N) is 1. The fourth-order valence-electron chi connectivity index (χ4n) is 3.34. The van der Waals surface area contributed by atoms with Crippen LogP contribution < -0.4 is 9.46 Å². The summed E-state index contributed by atoms with van der Waals surface area (Å²) in [6.07, 6.45) is 0. The number of halogens is 5. The molecular weight excluding hydrogens is 528 g/mol. The number of phenols is 1. The minimum atomic E-state index is -4.52. The van der Waals surface area contributed by atoms with Gasteiger partial charge in [-0.3, -0.25) is 4.79 Å². The molecule has 0 aliphatic carbocycles. The predicted octanol–water partition coefficient (Wildman–Crippen LogP) is 7.05. The Morgan fingerprint density at radius 2 is 1.91 bits per heavy atom. The lowest BCUT2D eigenvalue weighted by Crippen LogP contribution is -2.31. The van der Waals surface area contributed by atoms with Crippen LogP contribution in [0.5, 0.6) is 11.5 Å². The topological polar surface area (TPSA) is 61.8 Å². The number of alkyl halides is 3. The molecule has 1 aliphatic rings. The second-order valence-electron chi connectivity index (χ2n) is 7.48. The Hall–Kier alpha value is -2.76. The molecule has 1 amide bonds. The first-order valence-electron chi connectivity index (χ1n) is 10.0. The second kappa shape index (κ2) is 10.1. The summed E-state index contributed by atoms with van der Waals surface area (Å²) in [6.45, 7) is 0.118. The summed E-state index contributed by atoms with van der Waals surface area (Å²) < 4.78 is 62.5. The van der Waals surface area contributed by atoms with E-state index in [4.69, 9.17) is 16.3 Å². The average molecular weight is 545 g/mol. The number of nitrogens with zero attached hydrogens (tertiary/aromatic N) is 1. The van der Waals surface area contributed by atoms with Crippen molar-refractivity contribution in [2.45, 2.75) is 15.3 Å². The standard InChI is InChI=1S/C23H17ClF4N2O3S2/c1-30-6-7-33-19-5-3-14(34-23(26,27)28)11-16(19)15-10-13(2-4-18(15)25)29-35-20-9-12(22(30)32)8-17(24)21(20)31/h2-5,8-11,29,31H,6-7H2,1H3. The van der Waals surface area contributed by atoms with Crippen LogP contribution in [-0.2, 0) is 0 Å². The largest absolute Gasteiger partial charge is 0.505 e. The van der Waals surface area contributed by atoms with Crippen molar-refractivity contribution < 1.29 is 32.2 Å². The van der Waals surface area contributed by atoms with E-state index in [0.717, 1.165) is 11.9 Å². The van der Waals surface area contributed by atoms with Crippen molar-refractivity contribution in [3.8, 4) is 22.6 Å². The van der Waals surface area contributed by atoms with E-state index in [2.05, 4.69) is 4.72 Å². The highest BCUT2D eigenvalue weighted by Crippen LogP contribution is 2.43. The van der Waals surface area contributed by atoms with Crippen LogP contribution in [0.1, 0.15) is 10.4 Å². The number of fused-ring (bicyclic) bond motifs is 6. The van der Waals surface area contributed by atoms with Gasteiger partial charge in [0.25, 0.3) is 5.91 Å². The number of anilines is 1. The van der Waals surface area contributed by atoms with E-state index in [1.807, 2.05) is 0 Å². The third-order valence-electron chi connectivity index (χ3n) is 5.03. The molecule has 4 rings (SSSR count). The number of thioether (sulfide) groups is 1. The van der Waals surface area contributed by atoms with E-state index in [1.165, 1.54) is 53.4 Å². The summed E-state index contributed by atoms with van der Waals surface area (Å²) in [5.41, 5.74) is -3.74. The molecule has 0 spiro atoms. The fraction of sp³-hybridized carbons (Fsp3) is 0.174. The first kappa shape index (κ1) is 25.3. The van der Waals surface area contributed by atoms with Gasteiger partial charge in [0.05, 0.1) is 16.5 Å². The molecule has 3 aromatic carbocycles. The lowest BCUT2D eigenvalue weighted by Gasteiger charge is -2.19. The number of carbonyl (C=O) groups is 1. The number of hydrogen-bond donors (Lipinski definition) is 2. The van der Waals surface area contributed by atoms with Gasteiger partial charge >= 0.3 is 5.51 Å². The van der Waals surface area contributed by atoms with Crippen molar-refractivity contribution in [2.24, 2.45) is 0 Å². The number of carbonyl (C=O) groups excluding carboxylic acids is 1. The molecule has 3 aromatic rings. The van der Waals surface area contributed by atoms with Crippen molar-refractivity contribution in [3.63, 3.8) is 0 Å². The summed E-state index contributed by atoms with van der Waals surface area (Å²) in [7, 11) is 1.54. The van der Waals surface area contributed by atoms with Crippen molar-refractivity contribution in [1.29, 1.82) is 0 Å². The molecule has 0 fully saturated rings. The van der Waals surface area contributed by atoms with Gasteiger partial charge in [-0.25, -0.2) is 4.39 Å². The molecule has 5 nitrogen and oxygen atoms in total. The van der Waals surface area contributed by atoms with Crippen LogP contribution >= 0.6 is 35.3 Å². The fourth-order valence-corrected chi connectivity index (χ4v) is 4.94. The van der Waals surface area contributed by atoms with E-state index in [9.17, 15) is 27.5 Å². The van der Waals surface area contributed by atoms with Gasteiger partial charge in [-0.2, -0.15) is 13.2 Å². The van der Waals surface area contributed by atoms with Gasteiger partial charge in [-0.1, -0.05) is 11.6 Å². The summed E-state index contributed by atoms with van der Waals surface area (Å²) in [5, 5.41) is 10.3. The van der Waals surface area contributed by atoms with E-state index < -0.39 is 11.3 Å². The highest BCUT2D eigenvalue weighted by molar-refractivity contribution is 8.00. The average Bonchev–Trinajstić information content (AvgIpc) is 2.79. The number of aromatic hydroxyl groups is 1. The third kappa shape index (κ3) is 5.91. The van der Waals surface area contributed by atoms with Crippen LogP contribution in [0.4, 0.5) is 23.2 Å². The summed E-state index contributed by atoms with van der Waals surface area (Å²) in [6, 6.07) is 10.6. The van der Waals surface area contributed by atoms with Crippen LogP contribution in [0, 0.1) is 5.82 Å². The van der Waals surface area contributed by atoms with Crippen LogP contribution in [0.25, 0.3) is 11.1 Å². The zero-order chi connectivity index (χ0) is 25.3. The smallest absolute Gasteiger partial charge is 0.446 e. The summed E-state index contributed by atoms with van der Waals surface area (Å²) >= 11 is 6.74. The molecule has 0 atom stereocenters. The van der Waals surface area contributed by atoms with Gasteiger partial charge < -0.3 is 19.5 Å². The number of ether oxygens (including phenoxy) is 1. The molecule has 35 heavy (non-hydrogen) atoms. The van der Waals surface area contributed by atoms with Crippen molar-refractivity contribution in [1.82, 2.24) is 4.90 Å². The lowest BCUT2D eigenvalue weighted by molar-refractivity contribution is -0.0328. The molecule has 2 N–H and O–H groups in total. The molecule has 0 aromatic heterocycles. The Kier molecular flexibility index (Phi) is 7.30. The van der Waals surface area contributed by atoms with Crippen molar-refractivity contribution in [3.05, 3.63) is 64.9 Å². The highest BCUT2D eigenvalue weighted by Gasteiger charge is 2.30. The number of rotatable bonds is 1. The molecule has 12 heteroatoms. The Balaban J connectivity index is 1.80. The Labute approximate surface area is 211 Å². The Morgan fingerprint density at radius 3 is 2.66 bits per heavy atom. The van der Waals surface area contributed by atoms with Gasteiger partial charge in [0.2, 0.25) is 0 Å². The molecule has 1 heterocycles. The van der Waals surface area contributed by atoms with Gasteiger partial charge in [0.1, 0.15) is 23.9 Å². The molecule has 0 radical (unpaired) electrons. The molecule has 4 bridgehead atoms. The Bertz CT molecular complexity index is 1290. The molecule has 0 saturated heterocycles. The highest BCUT2D eigenvalue weighted by atomic mass is 35.5. The lowest BCUT2D eigenvalue weighted by atomic mass is 10.0. The first-order valence-corrected chi connectivity index (χ1v) is 12.1. The van der Waals surface area contributed by atoms with E-state index >= 15 is 0 Å². The number of likely N-dealkylation sites (N-methyl/N-ethyl adjacent to an activating group) is 1. The van der Waals surface area contributed by atoms with Crippen LogP contribution in [0.3, 0.4) is 0 Å². The van der Waals surface area contributed by atoms with Gasteiger partial charge in [-0.05, 0) is 72.2 Å². The number of benzene rings is 3. The predicted molar refractivity (Wildman–Crippen MR) is 129 cm³/mol. The van der Waals surface area contributed by atoms with Gasteiger partial charge in [0, 0.05) is 34.3 Å². The minimum Gasteiger partial charge on any atom is -0.505 e. The molecule has 184 valence electrons. The maximum absolute atomic E-state index is 14.9. The Morgan fingerprint density at radius 1 is 1.14 bits per heavy atom. The zero-order valence-corrected chi connectivity index (χ0v) is 20.3. The maximum atomic E-state index is 14.9. The van der Waals surface area contributed by atoms with Crippen LogP contribution in [0.15, 0.2) is 58.3 Å². The van der Waals surface area contributed by atoms with Crippen LogP contribution in [0.2, 0.25) is 5.02 Å². The number of amides is 1. The zero-order valence-electron chi connectivity index (χ0n) is 18.0. The minimum absolute atomic E-state index is 0.00597. The normalized spacial score (nSPS) is 14.3. The monoisotopic (exact) mass is 544 g/mol. The molecule has 1 aliphatic heterocycles. The number of hydrogen-bond acceptors (Lipinski definition) is 6. The molecular formula is C23H17ClF4N2O3S2. The van der Waals surface area contributed by atoms with Crippen molar-refractivity contribution >= 4 is 46.9 Å². The van der Waals surface area contributed by atoms with E-state index in [0.29, 0.717) is 5.69 Å². The van der Waals surface area contributed by atoms with Gasteiger partial charge in [-0.15, -0.1) is 0 Å². The van der Waals surface area contributed by atoms with E-state index in [-0.39, 0.29) is 73.8 Å². The molecule has 0 saturated carbocycles. The second-order valence-corrected chi connectivity index (χ2v) is 9.88. The van der Waals surface area contributed by atoms with Gasteiger partial charge in [0.15, 0.2) is 0 Å². The summed E-state index contributed by atoms with van der Waals surface area (Å²) in [5.74, 6) is -1.12. The molecule has 0 unspecified atom stereocenters. The first-order chi connectivity index (χ1) is 16.5. The van der Waals surface area contributed by atoms with Crippen molar-refractivity contribution in [2.75, 3.05) is 24.9 Å². The maximum Gasteiger partial charge on any atom is 0.446 e. The van der Waals surface area contributed by atoms with Crippen LogP contribution in [-0.4, -0.2) is 41.6 Å².